The number of hydrogen-bond donors (Lipinski definition) is 2. The second-order valence-electron chi connectivity index (χ2n) is 4.03. The van der Waals surface area contributed by atoms with Gasteiger partial charge in [0.25, 0.3) is 0 Å². The van der Waals surface area contributed by atoms with Crippen LogP contribution in [0.5, 0.6) is 0 Å². The SMILES string of the molecule is CCNc1ccc([N+](=O)[O-])c(NCc2ccccn2)n1. The van der Waals surface area contributed by atoms with E-state index < -0.39 is 4.92 Å². The van der Waals surface area contributed by atoms with Crippen molar-refractivity contribution in [2.45, 2.75) is 13.5 Å². The van der Waals surface area contributed by atoms with Crippen molar-refractivity contribution in [1.29, 1.82) is 0 Å². The van der Waals surface area contributed by atoms with Gasteiger partial charge in [0.05, 0.1) is 17.2 Å². The zero-order chi connectivity index (χ0) is 14.4. The van der Waals surface area contributed by atoms with Crippen LogP contribution in [0.25, 0.3) is 0 Å². The van der Waals surface area contributed by atoms with Crippen LogP contribution in [0.15, 0.2) is 36.5 Å². The lowest BCUT2D eigenvalue weighted by molar-refractivity contribution is -0.384. The van der Waals surface area contributed by atoms with E-state index in [2.05, 4.69) is 20.6 Å². The Bertz CT molecular complexity index is 589. The molecule has 7 heteroatoms. The molecule has 0 aliphatic carbocycles. The summed E-state index contributed by atoms with van der Waals surface area (Å²) in [5, 5.41) is 17.0. The molecule has 0 atom stereocenters. The molecule has 0 unspecified atom stereocenters. The quantitative estimate of drug-likeness (QED) is 0.620. The third kappa shape index (κ3) is 3.41. The average Bonchev–Trinajstić information content (AvgIpc) is 2.46. The number of nitro groups is 1. The molecule has 0 saturated carbocycles. The van der Waals surface area contributed by atoms with Gasteiger partial charge >= 0.3 is 5.69 Å². The minimum Gasteiger partial charge on any atom is -0.370 e. The number of aromatic nitrogens is 2. The average molecular weight is 273 g/mol. The maximum Gasteiger partial charge on any atom is 0.311 e. The minimum atomic E-state index is -0.455. The molecule has 20 heavy (non-hydrogen) atoms. The smallest absolute Gasteiger partial charge is 0.311 e. The van der Waals surface area contributed by atoms with Crippen LogP contribution < -0.4 is 10.6 Å². The predicted octanol–water partition coefficient (Wildman–Crippen LogP) is 2.43. The summed E-state index contributed by atoms with van der Waals surface area (Å²) in [7, 11) is 0. The normalized spacial score (nSPS) is 10.1. The molecular weight excluding hydrogens is 258 g/mol. The first-order valence-electron chi connectivity index (χ1n) is 6.23. The zero-order valence-corrected chi connectivity index (χ0v) is 11.0. The first-order valence-corrected chi connectivity index (χ1v) is 6.23. The van der Waals surface area contributed by atoms with Crippen molar-refractivity contribution < 1.29 is 4.92 Å². The molecule has 2 aromatic heterocycles. The Labute approximate surface area is 116 Å². The molecule has 0 aliphatic rings. The Morgan fingerprint density at radius 1 is 1.25 bits per heavy atom. The summed E-state index contributed by atoms with van der Waals surface area (Å²) in [6.45, 7) is 3.01. The first-order chi connectivity index (χ1) is 9.70. The molecule has 0 saturated heterocycles. The standard InChI is InChI=1S/C13H15N5O2/c1-2-14-12-7-6-11(18(19)20)13(17-12)16-9-10-5-3-4-8-15-10/h3-8H,2,9H2,1H3,(H2,14,16,17). The van der Waals surface area contributed by atoms with Gasteiger partial charge in [-0.3, -0.25) is 15.1 Å². The zero-order valence-electron chi connectivity index (χ0n) is 11.0. The van der Waals surface area contributed by atoms with Crippen LogP contribution in [0, 0.1) is 10.1 Å². The number of anilines is 2. The second kappa shape index (κ2) is 6.46. The maximum absolute atomic E-state index is 11.0. The van der Waals surface area contributed by atoms with Crippen LogP contribution in [0.3, 0.4) is 0 Å². The van der Waals surface area contributed by atoms with Crippen molar-refractivity contribution in [3.8, 4) is 0 Å². The summed E-state index contributed by atoms with van der Waals surface area (Å²) in [6, 6.07) is 8.54. The van der Waals surface area contributed by atoms with Crippen molar-refractivity contribution in [1.82, 2.24) is 9.97 Å². The summed E-state index contributed by atoms with van der Waals surface area (Å²) in [4.78, 5) is 18.9. The van der Waals surface area contributed by atoms with E-state index in [0.29, 0.717) is 18.9 Å². The molecule has 0 aromatic carbocycles. The Morgan fingerprint density at radius 3 is 2.75 bits per heavy atom. The molecule has 0 bridgehead atoms. The van der Waals surface area contributed by atoms with Gasteiger partial charge in [-0.25, -0.2) is 4.98 Å². The summed E-state index contributed by atoms with van der Waals surface area (Å²) in [5.74, 6) is 0.834. The molecule has 2 aromatic rings. The van der Waals surface area contributed by atoms with Crippen LogP contribution in [-0.4, -0.2) is 21.4 Å². The summed E-state index contributed by atoms with van der Waals surface area (Å²) in [6.07, 6.45) is 1.67. The predicted molar refractivity (Wildman–Crippen MR) is 76.6 cm³/mol. The van der Waals surface area contributed by atoms with Crippen molar-refractivity contribution >= 4 is 17.3 Å². The molecule has 0 spiro atoms. The van der Waals surface area contributed by atoms with Crippen molar-refractivity contribution in [2.24, 2.45) is 0 Å². The van der Waals surface area contributed by atoms with E-state index in [1.54, 1.807) is 12.3 Å². The third-order valence-corrected chi connectivity index (χ3v) is 2.59. The van der Waals surface area contributed by atoms with E-state index in [4.69, 9.17) is 0 Å². The maximum atomic E-state index is 11.0. The Balaban J connectivity index is 2.19. The second-order valence-corrected chi connectivity index (χ2v) is 4.03. The van der Waals surface area contributed by atoms with Gasteiger partial charge in [0.2, 0.25) is 5.82 Å². The molecule has 7 nitrogen and oxygen atoms in total. The summed E-state index contributed by atoms with van der Waals surface area (Å²) >= 11 is 0. The van der Waals surface area contributed by atoms with Gasteiger partial charge in [-0.1, -0.05) is 6.07 Å². The Hall–Kier alpha value is -2.70. The molecule has 0 amide bonds. The number of rotatable bonds is 6. The van der Waals surface area contributed by atoms with Gasteiger partial charge in [-0.05, 0) is 25.1 Å². The lowest BCUT2D eigenvalue weighted by Crippen LogP contribution is -2.08. The van der Waals surface area contributed by atoms with Gasteiger partial charge in [0.15, 0.2) is 0 Å². The summed E-state index contributed by atoms with van der Waals surface area (Å²) in [5.41, 5.74) is 0.736. The van der Waals surface area contributed by atoms with Crippen LogP contribution in [0.4, 0.5) is 17.3 Å². The molecule has 2 heterocycles. The lowest BCUT2D eigenvalue weighted by atomic mass is 10.3. The molecule has 2 N–H and O–H groups in total. The fraction of sp³-hybridized carbons (Fsp3) is 0.231. The highest BCUT2D eigenvalue weighted by Gasteiger charge is 2.15. The van der Waals surface area contributed by atoms with Crippen molar-refractivity contribution in [2.75, 3.05) is 17.2 Å². The molecular formula is C13H15N5O2. The van der Waals surface area contributed by atoms with Gasteiger partial charge in [0.1, 0.15) is 5.82 Å². The van der Waals surface area contributed by atoms with Crippen molar-refractivity contribution in [3.05, 3.63) is 52.3 Å². The fourth-order valence-corrected chi connectivity index (χ4v) is 1.69. The van der Waals surface area contributed by atoms with E-state index in [9.17, 15) is 10.1 Å². The molecule has 2 rings (SSSR count). The molecule has 104 valence electrons. The van der Waals surface area contributed by atoms with Gasteiger partial charge in [0, 0.05) is 18.8 Å². The van der Waals surface area contributed by atoms with Crippen LogP contribution >= 0.6 is 0 Å². The van der Waals surface area contributed by atoms with Gasteiger partial charge in [-0.15, -0.1) is 0 Å². The number of nitrogens with one attached hydrogen (secondary N) is 2. The number of pyridine rings is 2. The van der Waals surface area contributed by atoms with E-state index in [1.807, 2.05) is 25.1 Å². The molecule has 0 aliphatic heterocycles. The van der Waals surface area contributed by atoms with E-state index in [-0.39, 0.29) is 11.5 Å². The van der Waals surface area contributed by atoms with Crippen molar-refractivity contribution in [3.63, 3.8) is 0 Å². The highest BCUT2D eigenvalue weighted by Crippen LogP contribution is 2.24. The van der Waals surface area contributed by atoms with Gasteiger partial charge in [-0.2, -0.15) is 0 Å². The Morgan fingerprint density at radius 2 is 2.10 bits per heavy atom. The highest BCUT2D eigenvalue weighted by molar-refractivity contribution is 5.60. The number of nitrogens with zero attached hydrogens (tertiary/aromatic N) is 3. The van der Waals surface area contributed by atoms with E-state index >= 15 is 0 Å². The van der Waals surface area contributed by atoms with E-state index in [0.717, 1.165) is 5.69 Å². The summed E-state index contributed by atoms with van der Waals surface area (Å²) < 4.78 is 0. The number of hydrogen-bond acceptors (Lipinski definition) is 6. The molecule has 0 fully saturated rings. The minimum absolute atomic E-state index is 0.0532. The van der Waals surface area contributed by atoms with Crippen LogP contribution in [0.2, 0.25) is 0 Å². The Kier molecular flexibility index (Phi) is 4.43. The first kappa shape index (κ1) is 13.7. The molecule has 0 radical (unpaired) electrons. The lowest BCUT2D eigenvalue weighted by Gasteiger charge is -2.08. The topological polar surface area (TPSA) is 93.0 Å². The fourth-order valence-electron chi connectivity index (χ4n) is 1.69. The largest absolute Gasteiger partial charge is 0.370 e. The monoisotopic (exact) mass is 273 g/mol. The third-order valence-electron chi connectivity index (χ3n) is 2.59. The van der Waals surface area contributed by atoms with Crippen LogP contribution in [-0.2, 0) is 6.54 Å². The van der Waals surface area contributed by atoms with E-state index in [1.165, 1.54) is 6.07 Å². The highest BCUT2D eigenvalue weighted by atomic mass is 16.6. The van der Waals surface area contributed by atoms with Gasteiger partial charge < -0.3 is 10.6 Å². The van der Waals surface area contributed by atoms with Crippen LogP contribution in [0.1, 0.15) is 12.6 Å².